The molecular weight excluding hydrogens is 281 g/mol. The Morgan fingerprint density at radius 1 is 1.11 bits per heavy atom. The van der Waals surface area contributed by atoms with Crippen LogP contribution in [0.4, 0.5) is 0 Å². The van der Waals surface area contributed by atoms with Gasteiger partial charge < -0.3 is 5.73 Å². The zero-order valence-corrected chi connectivity index (χ0v) is 11.4. The average Bonchev–Trinajstić information content (AvgIpc) is 2.85. The van der Waals surface area contributed by atoms with Gasteiger partial charge in [-0.1, -0.05) is 35.3 Å². The first-order valence-electron chi connectivity index (χ1n) is 5.79. The van der Waals surface area contributed by atoms with Gasteiger partial charge in [0.15, 0.2) is 0 Å². The number of rotatable bonds is 2. The number of halogens is 2. The molecule has 0 fully saturated rings. The summed E-state index contributed by atoms with van der Waals surface area (Å²) in [6, 6.07) is 11.0. The highest BCUT2D eigenvalue weighted by Crippen LogP contribution is 2.29. The van der Waals surface area contributed by atoms with Gasteiger partial charge in [0.2, 0.25) is 0 Å². The third-order valence-electron chi connectivity index (χ3n) is 3.09. The lowest BCUT2D eigenvalue weighted by Crippen LogP contribution is -2.11. The molecule has 0 spiro atoms. The second kappa shape index (κ2) is 4.85. The predicted molar refractivity (Wildman–Crippen MR) is 77.7 cm³/mol. The van der Waals surface area contributed by atoms with Crippen molar-refractivity contribution in [3.8, 4) is 0 Å². The zero-order chi connectivity index (χ0) is 13.4. The van der Waals surface area contributed by atoms with Crippen LogP contribution in [0.1, 0.15) is 17.2 Å². The number of hydrogen-bond donors (Lipinski definition) is 1. The first-order valence-corrected chi connectivity index (χ1v) is 6.55. The van der Waals surface area contributed by atoms with Gasteiger partial charge in [0.25, 0.3) is 0 Å². The van der Waals surface area contributed by atoms with E-state index in [0.29, 0.717) is 10.0 Å². The number of pyridine rings is 1. The quantitative estimate of drug-likeness (QED) is 0.782. The number of fused-ring (bicyclic) bond motifs is 1. The van der Waals surface area contributed by atoms with Crippen LogP contribution in [-0.4, -0.2) is 9.61 Å². The van der Waals surface area contributed by atoms with Gasteiger partial charge in [-0.3, -0.25) is 0 Å². The van der Waals surface area contributed by atoms with E-state index in [-0.39, 0.29) is 6.04 Å². The Bertz CT molecular complexity index is 736. The molecule has 2 heterocycles. The van der Waals surface area contributed by atoms with Gasteiger partial charge in [0, 0.05) is 11.8 Å². The van der Waals surface area contributed by atoms with E-state index in [1.54, 1.807) is 22.8 Å². The average molecular weight is 292 g/mol. The molecule has 0 saturated carbocycles. The Hall–Kier alpha value is -1.55. The largest absolute Gasteiger partial charge is 0.320 e. The summed E-state index contributed by atoms with van der Waals surface area (Å²) < 4.78 is 1.80. The summed E-state index contributed by atoms with van der Waals surface area (Å²) in [4.78, 5) is 0. The maximum absolute atomic E-state index is 6.29. The molecule has 96 valence electrons. The highest BCUT2D eigenvalue weighted by molar-refractivity contribution is 6.42. The van der Waals surface area contributed by atoms with E-state index < -0.39 is 0 Å². The third kappa shape index (κ3) is 2.21. The van der Waals surface area contributed by atoms with Crippen molar-refractivity contribution in [1.82, 2.24) is 9.61 Å². The van der Waals surface area contributed by atoms with Crippen LogP contribution in [0, 0.1) is 0 Å². The first kappa shape index (κ1) is 12.5. The van der Waals surface area contributed by atoms with Crippen LogP contribution in [0.15, 0.2) is 48.8 Å². The normalized spacial score (nSPS) is 12.8. The molecule has 3 aromatic rings. The molecule has 0 aliphatic rings. The minimum absolute atomic E-state index is 0.283. The zero-order valence-electron chi connectivity index (χ0n) is 9.92. The number of benzene rings is 1. The van der Waals surface area contributed by atoms with Crippen LogP contribution in [-0.2, 0) is 0 Å². The van der Waals surface area contributed by atoms with E-state index in [2.05, 4.69) is 5.10 Å². The summed E-state index contributed by atoms with van der Waals surface area (Å²) in [5.41, 5.74) is 9.15. The second-order valence-corrected chi connectivity index (χ2v) is 5.10. The summed E-state index contributed by atoms with van der Waals surface area (Å²) in [6.45, 7) is 0. The van der Waals surface area contributed by atoms with Gasteiger partial charge in [-0.2, -0.15) is 5.10 Å². The molecule has 0 radical (unpaired) electrons. The van der Waals surface area contributed by atoms with E-state index in [1.807, 2.05) is 30.5 Å². The summed E-state index contributed by atoms with van der Waals surface area (Å²) in [6.07, 6.45) is 3.67. The minimum atomic E-state index is -0.283. The maximum atomic E-state index is 6.29. The van der Waals surface area contributed by atoms with Crippen LogP contribution in [0.3, 0.4) is 0 Å². The molecule has 3 nitrogen and oxygen atoms in total. The Labute approximate surface area is 120 Å². The number of nitrogens with zero attached hydrogens (tertiary/aromatic N) is 2. The molecule has 2 N–H and O–H groups in total. The van der Waals surface area contributed by atoms with Crippen molar-refractivity contribution >= 4 is 28.7 Å². The molecule has 1 unspecified atom stereocenters. The molecule has 1 atom stereocenters. The van der Waals surface area contributed by atoms with E-state index in [0.717, 1.165) is 16.6 Å². The van der Waals surface area contributed by atoms with Gasteiger partial charge in [0.1, 0.15) is 0 Å². The van der Waals surface area contributed by atoms with Crippen molar-refractivity contribution < 1.29 is 0 Å². The molecule has 1 aromatic carbocycles. The van der Waals surface area contributed by atoms with Gasteiger partial charge in [-0.05, 0) is 29.8 Å². The monoisotopic (exact) mass is 291 g/mol. The third-order valence-corrected chi connectivity index (χ3v) is 3.83. The molecule has 0 aliphatic carbocycles. The van der Waals surface area contributed by atoms with Gasteiger partial charge in [-0.25, -0.2) is 4.52 Å². The van der Waals surface area contributed by atoms with Crippen molar-refractivity contribution in [2.24, 2.45) is 5.73 Å². The molecule has 2 aromatic heterocycles. The summed E-state index contributed by atoms with van der Waals surface area (Å²) in [5, 5.41) is 5.31. The Morgan fingerprint density at radius 2 is 1.95 bits per heavy atom. The molecule has 19 heavy (non-hydrogen) atoms. The van der Waals surface area contributed by atoms with Crippen molar-refractivity contribution in [2.75, 3.05) is 0 Å². The number of aromatic nitrogens is 2. The molecule has 0 bridgehead atoms. The summed E-state index contributed by atoms with van der Waals surface area (Å²) >= 11 is 11.9. The van der Waals surface area contributed by atoms with Crippen molar-refractivity contribution in [3.63, 3.8) is 0 Å². The van der Waals surface area contributed by atoms with Crippen molar-refractivity contribution in [1.29, 1.82) is 0 Å². The fourth-order valence-corrected chi connectivity index (χ4v) is 2.39. The van der Waals surface area contributed by atoms with Crippen LogP contribution >= 0.6 is 23.2 Å². The van der Waals surface area contributed by atoms with Crippen LogP contribution < -0.4 is 5.73 Å². The van der Waals surface area contributed by atoms with Crippen molar-refractivity contribution in [3.05, 3.63) is 70.0 Å². The first-order chi connectivity index (χ1) is 9.16. The highest BCUT2D eigenvalue weighted by atomic mass is 35.5. The van der Waals surface area contributed by atoms with Crippen LogP contribution in [0.5, 0.6) is 0 Å². The summed E-state index contributed by atoms with van der Waals surface area (Å²) in [5.74, 6) is 0. The van der Waals surface area contributed by atoms with Crippen LogP contribution in [0.25, 0.3) is 5.52 Å². The summed E-state index contributed by atoms with van der Waals surface area (Å²) in [7, 11) is 0. The highest BCUT2D eigenvalue weighted by Gasteiger charge is 2.15. The van der Waals surface area contributed by atoms with E-state index in [9.17, 15) is 0 Å². The van der Waals surface area contributed by atoms with Gasteiger partial charge in [-0.15, -0.1) is 0 Å². The number of nitrogens with two attached hydrogens (primary N) is 1. The smallest absolute Gasteiger partial charge is 0.0712 e. The predicted octanol–water partition coefficient (Wildman–Crippen LogP) is 3.69. The maximum Gasteiger partial charge on any atom is 0.0712 e. The van der Waals surface area contributed by atoms with Crippen LogP contribution in [0.2, 0.25) is 10.0 Å². The second-order valence-electron chi connectivity index (χ2n) is 4.28. The minimum Gasteiger partial charge on any atom is -0.320 e. The Balaban J connectivity index is 2.08. The molecular formula is C14H11Cl2N3. The standard InChI is InChI=1S/C14H11Cl2N3/c15-11-5-4-9(7-12(11)16)14(17)10-8-18-19-6-2-1-3-13(10)19/h1-8,14H,17H2. The van der Waals surface area contributed by atoms with Gasteiger partial charge >= 0.3 is 0 Å². The molecule has 0 saturated heterocycles. The Kier molecular flexibility index (Phi) is 3.19. The fourth-order valence-electron chi connectivity index (χ4n) is 2.08. The lowest BCUT2D eigenvalue weighted by atomic mass is 10.0. The van der Waals surface area contributed by atoms with E-state index in [1.165, 1.54) is 0 Å². The molecule has 0 amide bonds. The molecule has 0 aliphatic heterocycles. The van der Waals surface area contributed by atoms with Gasteiger partial charge in [0.05, 0.1) is 27.8 Å². The lowest BCUT2D eigenvalue weighted by molar-refractivity contribution is 0.880. The topological polar surface area (TPSA) is 43.3 Å². The molecule has 5 heteroatoms. The SMILES string of the molecule is NC(c1ccc(Cl)c(Cl)c1)c1cnn2ccccc12. The van der Waals surface area contributed by atoms with Crippen molar-refractivity contribution in [2.45, 2.75) is 6.04 Å². The fraction of sp³-hybridized carbons (Fsp3) is 0.0714. The Morgan fingerprint density at radius 3 is 2.74 bits per heavy atom. The number of hydrogen-bond acceptors (Lipinski definition) is 2. The van der Waals surface area contributed by atoms with E-state index in [4.69, 9.17) is 28.9 Å². The lowest BCUT2D eigenvalue weighted by Gasteiger charge is -2.11. The molecule has 3 rings (SSSR count). The van der Waals surface area contributed by atoms with E-state index >= 15 is 0 Å².